The molecule has 2 amide bonds. The Bertz CT molecular complexity index is 484. The van der Waals surface area contributed by atoms with Crippen LogP contribution < -0.4 is 5.32 Å². The maximum Gasteiger partial charge on any atom is 0.452 e. The SMILES string of the molecule is C=CC(CCN(C)C(=O)OOC(=O)NC(C)C(=O)OC)=NCCC.[HH]. The van der Waals surface area contributed by atoms with Crippen LogP contribution in [0, 0.1) is 0 Å². The summed E-state index contributed by atoms with van der Waals surface area (Å²) < 4.78 is 4.43. The second-order valence-electron chi connectivity index (χ2n) is 4.86. The zero-order chi connectivity index (χ0) is 18.5. The molecule has 0 fully saturated rings. The first-order valence-electron chi connectivity index (χ1n) is 7.49. The minimum Gasteiger partial charge on any atom is -0.467 e. The van der Waals surface area contributed by atoms with Crippen LogP contribution in [0.1, 0.15) is 28.1 Å². The van der Waals surface area contributed by atoms with E-state index in [1.165, 1.54) is 26.0 Å². The lowest BCUT2D eigenvalue weighted by Gasteiger charge is -2.16. The molecule has 24 heavy (non-hydrogen) atoms. The average Bonchev–Trinajstić information content (AvgIpc) is 2.58. The van der Waals surface area contributed by atoms with Gasteiger partial charge in [-0.3, -0.25) is 4.99 Å². The van der Waals surface area contributed by atoms with Gasteiger partial charge in [0, 0.05) is 33.7 Å². The zero-order valence-corrected chi connectivity index (χ0v) is 14.5. The highest BCUT2D eigenvalue weighted by Gasteiger charge is 2.19. The van der Waals surface area contributed by atoms with Gasteiger partial charge in [-0.05, 0) is 19.4 Å². The molecule has 0 radical (unpaired) electrons. The van der Waals surface area contributed by atoms with Crippen molar-refractivity contribution in [1.82, 2.24) is 10.2 Å². The number of rotatable bonds is 8. The Balaban J connectivity index is 0. The molecule has 0 aliphatic heterocycles. The van der Waals surface area contributed by atoms with Crippen LogP contribution in [0.4, 0.5) is 9.59 Å². The summed E-state index contributed by atoms with van der Waals surface area (Å²) in [5, 5.41) is 2.14. The highest BCUT2D eigenvalue weighted by Crippen LogP contribution is 1.98. The van der Waals surface area contributed by atoms with Crippen molar-refractivity contribution in [3.8, 4) is 0 Å². The molecule has 9 nitrogen and oxygen atoms in total. The molecule has 0 aromatic rings. The van der Waals surface area contributed by atoms with Gasteiger partial charge in [0.1, 0.15) is 6.04 Å². The highest BCUT2D eigenvalue weighted by atomic mass is 17.2. The van der Waals surface area contributed by atoms with E-state index in [-0.39, 0.29) is 1.43 Å². The molecule has 0 aliphatic rings. The number of nitrogens with zero attached hydrogens (tertiary/aromatic N) is 2. The number of carbonyl (C=O) groups excluding carboxylic acids is 3. The predicted octanol–water partition coefficient (Wildman–Crippen LogP) is 1.93. The summed E-state index contributed by atoms with van der Waals surface area (Å²) >= 11 is 0. The maximum absolute atomic E-state index is 11.7. The molecule has 0 aliphatic carbocycles. The van der Waals surface area contributed by atoms with Gasteiger partial charge in [0.15, 0.2) is 0 Å². The van der Waals surface area contributed by atoms with Crippen molar-refractivity contribution in [3.63, 3.8) is 0 Å². The molecular formula is C15H27N3O6. The predicted molar refractivity (Wildman–Crippen MR) is 89.7 cm³/mol. The first-order chi connectivity index (χ1) is 11.3. The smallest absolute Gasteiger partial charge is 0.452 e. The Morgan fingerprint density at radius 2 is 2.04 bits per heavy atom. The summed E-state index contributed by atoms with van der Waals surface area (Å²) in [5.41, 5.74) is 0.780. The maximum atomic E-state index is 11.7. The van der Waals surface area contributed by atoms with Crippen molar-refractivity contribution >= 4 is 23.9 Å². The third kappa shape index (κ3) is 8.76. The first-order valence-corrected chi connectivity index (χ1v) is 7.49. The van der Waals surface area contributed by atoms with Gasteiger partial charge in [0.25, 0.3) is 0 Å². The molecule has 0 aromatic carbocycles. The van der Waals surface area contributed by atoms with Gasteiger partial charge < -0.3 is 15.0 Å². The number of hydrogen-bond acceptors (Lipinski definition) is 7. The van der Waals surface area contributed by atoms with Crippen molar-refractivity contribution in [2.45, 2.75) is 32.7 Å². The van der Waals surface area contributed by atoms with Crippen LogP contribution in [0.5, 0.6) is 0 Å². The lowest BCUT2D eigenvalue weighted by molar-refractivity contribution is -0.187. The van der Waals surface area contributed by atoms with Crippen LogP contribution in [0.3, 0.4) is 0 Å². The number of carbonyl (C=O) groups is 3. The van der Waals surface area contributed by atoms with E-state index >= 15 is 0 Å². The molecule has 0 heterocycles. The van der Waals surface area contributed by atoms with E-state index in [9.17, 15) is 14.4 Å². The number of ether oxygens (including phenoxy) is 1. The van der Waals surface area contributed by atoms with E-state index in [0.29, 0.717) is 19.5 Å². The van der Waals surface area contributed by atoms with E-state index in [1.54, 1.807) is 6.08 Å². The standard InChI is InChI=1S/C15H25N3O6.H2/c1-6-9-16-12(7-2)8-10-18(4)15(21)24-23-14(20)17-11(3)13(19)22-5;/h7,11H,2,6,8-10H2,1,3-5H3,(H,17,20);1H. The fourth-order valence-corrected chi connectivity index (χ4v) is 1.45. The summed E-state index contributed by atoms with van der Waals surface area (Å²) in [6.07, 6.45) is 1.12. The Hall–Kier alpha value is -2.58. The second kappa shape index (κ2) is 11.9. The summed E-state index contributed by atoms with van der Waals surface area (Å²) in [4.78, 5) is 48.4. The second-order valence-corrected chi connectivity index (χ2v) is 4.86. The molecule has 1 N–H and O–H groups in total. The van der Waals surface area contributed by atoms with E-state index in [2.05, 4.69) is 31.4 Å². The van der Waals surface area contributed by atoms with E-state index in [0.717, 1.165) is 12.1 Å². The molecule has 0 saturated heterocycles. The van der Waals surface area contributed by atoms with Crippen LogP contribution in [0.25, 0.3) is 0 Å². The van der Waals surface area contributed by atoms with E-state index < -0.39 is 24.2 Å². The number of amides is 2. The number of methoxy groups -OCH3 is 1. The fraction of sp³-hybridized carbons (Fsp3) is 0.600. The van der Waals surface area contributed by atoms with Crippen molar-refractivity contribution in [2.24, 2.45) is 4.99 Å². The molecule has 138 valence electrons. The van der Waals surface area contributed by atoms with E-state index in [4.69, 9.17) is 0 Å². The number of esters is 1. The summed E-state index contributed by atoms with van der Waals surface area (Å²) in [6.45, 7) is 8.08. The third-order valence-corrected chi connectivity index (χ3v) is 2.87. The van der Waals surface area contributed by atoms with Gasteiger partial charge in [-0.2, -0.15) is 0 Å². The quantitative estimate of drug-likeness (QED) is 0.312. The van der Waals surface area contributed by atoms with Crippen LogP contribution in [-0.4, -0.2) is 62.1 Å². The zero-order valence-electron chi connectivity index (χ0n) is 14.5. The van der Waals surface area contributed by atoms with Crippen molar-refractivity contribution < 1.29 is 30.3 Å². The normalized spacial score (nSPS) is 11.9. The lowest BCUT2D eigenvalue weighted by atomic mass is 10.2. The van der Waals surface area contributed by atoms with Gasteiger partial charge in [0.2, 0.25) is 0 Å². The average molecular weight is 345 g/mol. The molecule has 1 atom stereocenters. The lowest BCUT2D eigenvalue weighted by Crippen LogP contribution is -2.40. The Morgan fingerprint density at radius 1 is 1.38 bits per heavy atom. The Labute approximate surface area is 143 Å². The molecule has 0 rings (SSSR count). The van der Waals surface area contributed by atoms with Crippen molar-refractivity contribution in [2.75, 3.05) is 27.2 Å². The summed E-state index contributed by atoms with van der Waals surface area (Å²) in [7, 11) is 2.67. The fourth-order valence-electron chi connectivity index (χ4n) is 1.45. The number of aliphatic imine (C=N–C) groups is 1. The van der Waals surface area contributed by atoms with Gasteiger partial charge in [-0.25, -0.2) is 24.2 Å². The monoisotopic (exact) mass is 345 g/mol. The van der Waals surface area contributed by atoms with Gasteiger partial charge >= 0.3 is 18.2 Å². The van der Waals surface area contributed by atoms with Crippen LogP contribution in [0.2, 0.25) is 0 Å². The third-order valence-electron chi connectivity index (χ3n) is 2.87. The number of hydrogen-bond donors (Lipinski definition) is 1. The molecule has 0 aromatic heterocycles. The minimum atomic E-state index is -1.08. The molecular weight excluding hydrogens is 318 g/mol. The van der Waals surface area contributed by atoms with Crippen LogP contribution in [-0.2, 0) is 19.3 Å². The van der Waals surface area contributed by atoms with Crippen molar-refractivity contribution in [3.05, 3.63) is 12.7 Å². The summed E-state index contributed by atoms with van der Waals surface area (Å²) in [5.74, 6) is -0.654. The Kier molecular flexibility index (Phi) is 10.6. The van der Waals surface area contributed by atoms with Crippen LogP contribution in [0.15, 0.2) is 17.6 Å². The highest BCUT2D eigenvalue weighted by molar-refractivity contribution is 5.94. The van der Waals surface area contributed by atoms with Crippen molar-refractivity contribution in [1.29, 1.82) is 0 Å². The largest absolute Gasteiger partial charge is 0.467 e. The van der Waals surface area contributed by atoms with E-state index in [1.807, 2.05) is 6.92 Å². The van der Waals surface area contributed by atoms with Gasteiger partial charge in [0.05, 0.1) is 7.11 Å². The minimum absolute atomic E-state index is 0. The first kappa shape index (κ1) is 21.4. The van der Waals surface area contributed by atoms with Gasteiger partial charge in [-0.1, -0.05) is 13.5 Å². The molecule has 0 spiro atoms. The topological polar surface area (TPSA) is 107 Å². The molecule has 0 saturated carbocycles. The molecule has 1 unspecified atom stereocenters. The number of nitrogens with one attached hydrogen (secondary N) is 1. The van der Waals surface area contributed by atoms with Gasteiger partial charge in [-0.15, -0.1) is 0 Å². The van der Waals surface area contributed by atoms with Crippen LogP contribution >= 0.6 is 0 Å². The molecule has 0 bridgehead atoms. The molecule has 9 heteroatoms. The Morgan fingerprint density at radius 3 is 2.58 bits per heavy atom. The summed E-state index contributed by atoms with van der Waals surface area (Å²) in [6, 6.07) is -0.927. The number of allylic oxidation sites excluding steroid dienone is 1.